The van der Waals surface area contributed by atoms with Crippen LogP contribution in [0.2, 0.25) is 0 Å². The SMILES string of the molecule is COc1ccc(NS(=O)(=O)c2cc(NC(=O)Cc3ccsc3)ccc2N2CCOCC2)cc1. The van der Waals surface area contributed by atoms with Gasteiger partial charge in [-0.3, -0.25) is 9.52 Å². The molecule has 174 valence electrons. The van der Waals surface area contributed by atoms with Gasteiger partial charge in [-0.25, -0.2) is 8.42 Å². The lowest BCUT2D eigenvalue weighted by Crippen LogP contribution is -2.37. The molecule has 2 N–H and O–H groups in total. The van der Waals surface area contributed by atoms with Crippen LogP contribution in [0.1, 0.15) is 5.56 Å². The monoisotopic (exact) mass is 487 g/mol. The molecule has 0 saturated carbocycles. The number of morpholine rings is 1. The number of sulfonamides is 1. The second kappa shape index (κ2) is 10.2. The van der Waals surface area contributed by atoms with E-state index in [-0.39, 0.29) is 17.2 Å². The molecule has 1 aliphatic heterocycles. The molecule has 3 aromatic rings. The van der Waals surface area contributed by atoms with Crippen LogP contribution in [0.3, 0.4) is 0 Å². The van der Waals surface area contributed by atoms with E-state index in [9.17, 15) is 13.2 Å². The number of benzene rings is 2. The minimum Gasteiger partial charge on any atom is -0.497 e. The lowest BCUT2D eigenvalue weighted by molar-refractivity contribution is -0.115. The molecule has 8 nitrogen and oxygen atoms in total. The Morgan fingerprint density at radius 3 is 2.48 bits per heavy atom. The van der Waals surface area contributed by atoms with Gasteiger partial charge in [0.25, 0.3) is 10.0 Å². The normalized spacial score (nSPS) is 14.0. The van der Waals surface area contributed by atoms with Crippen molar-refractivity contribution < 1.29 is 22.7 Å². The Balaban J connectivity index is 1.62. The molecular formula is C23H25N3O5S2. The van der Waals surface area contributed by atoms with E-state index in [1.165, 1.54) is 17.4 Å². The number of ether oxygens (including phenoxy) is 2. The summed E-state index contributed by atoms with van der Waals surface area (Å²) in [6.45, 7) is 2.19. The van der Waals surface area contributed by atoms with Gasteiger partial charge in [-0.15, -0.1) is 0 Å². The number of carbonyl (C=O) groups is 1. The summed E-state index contributed by atoms with van der Waals surface area (Å²) < 4.78 is 40.0. The van der Waals surface area contributed by atoms with Crippen LogP contribution in [0.4, 0.5) is 17.1 Å². The Bertz CT molecular complexity index is 1190. The van der Waals surface area contributed by atoms with Crippen LogP contribution < -0.4 is 19.7 Å². The summed E-state index contributed by atoms with van der Waals surface area (Å²) in [5, 5.41) is 6.64. The zero-order chi connectivity index (χ0) is 23.3. The number of methoxy groups -OCH3 is 1. The summed E-state index contributed by atoms with van der Waals surface area (Å²) in [7, 11) is -2.40. The quantitative estimate of drug-likeness (QED) is 0.504. The van der Waals surface area contributed by atoms with Gasteiger partial charge in [0.1, 0.15) is 10.6 Å². The van der Waals surface area contributed by atoms with Crippen molar-refractivity contribution in [2.45, 2.75) is 11.3 Å². The van der Waals surface area contributed by atoms with E-state index >= 15 is 0 Å². The highest BCUT2D eigenvalue weighted by atomic mass is 32.2. The van der Waals surface area contributed by atoms with Crippen molar-refractivity contribution in [3.63, 3.8) is 0 Å². The third-order valence-electron chi connectivity index (χ3n) is 5.17. The number of hydrogen-bond donors (Lipinski definition) is 2. The molecule has 0 radical (unpaired) electrons. The highest BCUT2D eigenvalue weighted by molar-refractivity contribution is 7.92. The van der Waals surface area contributed by atoms with Gasteiger partial charge in [0.2, 0.25) is 5.91 Å². The van der Waals surface area contributed by atoms with Crippen LogP contribution >= 0.6 is 11.3 Å². The van der Waals surface area contributed by atoms with Crippen molar-refractivity contribution in [3.05, 3.63) is 64.9 Å². The Morgan fingerprint density at radius 2 is 1.82 bits per heavy atom. The molecule has 1 aromatic heterocycles. The van der Waals surface area contributed by atoms with Gasteiger partial charge in [-0.1, -0.05) is 0 Å². The van der Waals surface area contributed by atoms with Gasteiger partial charge in [-0.2, -0.15) is 11.3 Å². The predicted octanol–water partition coefficient (Wildman–Crippen LogP) is 3.58. The van der Waals surface area contributed by atoms with E-state index in [1.54, 1.807) is 43.5 Å². The number of nitrogens with one attached hydrogen (secondary N) is 2. The minimum atomic E-state index is -3.94. The first-order valence-corrected chi connectivity index (χ1v) is 12.8. The molecule has 2 heterocycles. The average molecular weight is 488 g/mol. The Morgan fingerprint density at radius 1 is 1.09 bits per heavy atom. The topological polar surface area (TPSA) is 97.0 Å². The first-order chi connectivity index (χ1) is 15.9. The number of thiophene rings is 1. The molecule has 0 aliphatic carbocycles. The number of amides is 1. The maximum absolute atomic E-state index is 13.4. The minimum absolute atomic E-state index is 0.0913. The van der Waals surface area contributed by atoms with Gasteiger partial charge in [0.05, 0.1) is 32.4 Å². The van der Waals surface area contributed by atoms with E-state index in [1.807, 2.05) is 21.7 Å². The molecule has 0 spiro atoms. The number of rotatable bonds is 8. The molecule has 33 heavy (non-hydrogen) atoms. The molecule has 0 bridgehead atoms. The zero-order valence-electron chi connectivity index (χ0n) is 18.1. The summed E-state index contributed by atoms with van der Waals surface area (Å²) in [6.07, 6.45) is 0.223. The summed E-state index contributed by atoms with van der Waals surface area (Å²) in [5.41, 5.74) is 2.31. The van der Waals surface area contributed by atoms with E-state index in [0.29, 0.717) is 49.1 Å². The van der Waals surface area contributed by atoms with Crippen LogP contribution in [0.15, 0.2) is 64.2 Å². The van der Waals surface area contributed by atoms with Gasteiger partial charge in [-0.05, 0) is 64.9 Å². The second-order valence-corrected chi connectivity index (χ2v) is 9.90. The first kappa shape index (κ1) is 23.1. The molecule has 10 heteroatoms. The molecule has 1 fully saturated rings. The molecule has 1 aliphatic rings. The fourth-order valence-corrected chi connectivity index (χ4v) is 5.51. The molecule has 1 saturated heterocycles. The molecule has 0 atom stereocenters. The second-order valence-electron chi connectivity index (χ2n) is 7.47. The number of carbonyl (C=O) groups excluding carboxylic acids is 1. The van der Waals surface area contributed by atoms with Crippen molar-refractivity contribution in [1.82, 2.24) is 0 Å². The number of hydrogen-bond acceptors (Lipinski definition) is 7. The standard InChI is InChI=1S/C23H25N3O5S2/c1-30-20-5-2-18(3-6-20)25-33(28,29)22-15-19(24-23(27)14-17-8-13-32-16-17)4-7-21(22)26-9-11-31-12-10-26/h2-8,13,15-16,25H,9-12,14H2,1H3,(H,24,27). The fraction of sp³-hybridized carbons (Fsp3) is 0.261. The van der Waals surface area contributed by atoms with Crippen LogP contribution in [0, 0.1) is 0 Å². The van der Waals surface area contributed by atoms with Crippen molar-refractivity contribution in [2.24, 2.45) is 0 Å². The Kier molecular flexibility index (Phi) is 7.17. The highest BCUT2D eigenvalue weighted by Gasteiger charge is 2.24. The smallest absolute Gasteiger partial charge is 0.264 e. The summed E-state index contributed by atoms with van der Waals surface area (Å²) in [4.78, 5) is 14.5. The fourth-order valence-electron chi connectivity index (χ4n) is 3.53. The molecule has 4 rings (SSSR count). The highest BCUT2D eigenvalue weighted by Crippen LogP contribution is 2.31. The van der Waals surface area contributed by atoms with Crippen LogP contribution in [0.5, 0.6) is 5.75 Å². The summed E-state index contributed by atoms with van der Waals surface area (Å²) >= 11 is 1.52. The average Bonchev–Trinajstić information content (AvgIpc) is 3.33. The lowest BCUT2D eigenvalue weighted by Gasteiger charge is -2.30. The summed E-state index contributed by atoms with van der Waals surface area (Å²) in [6, 6.07) is 13.5. The largest absolute Gasteiger partial charge is 0.497 e. The summed E-state index contributed by atoms with van der Waals surface area (Å²) in [5.74, 6) is 0.418. The van der Waals surface area contributed by atoms with Gasteiger partial charge in [0, 0.05) is 24.5 Å². The maximum Gasteiger partial charge on any atom is 0.264 e. The van der Waals surface area contributed by atoms with Gasteiger partial charge < -0.3 is 19.7 Å². The number of anilines is 3. The van der Waals surface area contributed by atoms with Gasteiger partial charge in [0.15, 0.2) is 0 Å². The van der Waals surface area contributed by atoms with E-state index in [2.05, 4.69) is 10.0 Å². The maximum atomic E-state index is 13.4. The van der Waals surface area contributed by atoms with Crippen molar-refractivity contribution in [3.8, 4) is 5.75 Å². The lowest BCUT2D eigenvalue weighted by atomic mass is 10.2. The Labute approximate surface area is 197 Å². The zero-order valence-corrected chi connectivity index (χ0v) is 19.7. The van der Waals surface area contributed by atoms with E-state index in [4.69, 9.17) is 9.47 Å². The predicted molar refractivity (Wildman–Crippen MR) is 130 cm³/mol. The molecular weight excluding hydrogens is 462 g/mol. The van der Waals surface area contributed by atoms with Crippen LogP contribution in [0.25, 0.3) is 0 Å². The molecule has 1 amide bonds. The van der Waals surface area contributed by atoms with Crippen LogP contribution in [-0.4, -0.2) is 47.7 Å². The first-order valence-electron chi connectivity index (χ1n) is 10.4. The third kappa shape index (κ3) is 5.84. The molecule has 2 aromatic carbocycles. The van der Waals surface area contributed by atoms with E-state index < -0.39 is 10.0 Å². The van der Waals surface area contributed by atoms with E-state index in [0.717, 1.165) is 5.56 Å². The third-order valence-corrected chi connectivity index (χ3v) is 7.31. The van der Waals surface area contributed by atoms with Crippen molar-refractivity contribution in [1.29, 1.82) is 0 Å². The Hall–Kier alpha value is -3.08. The van der Waals surface area contributed by atoms with Gasteiger partial charge >= 0.3 is 0 Å². The van der Waals surface area contributed by atoms with Crippen molar-refractivity contribution >= 4 is 44.3 Å². The number of nitrogens with zero attached hydrogens (tertiary/aromatic N) is 1. The molecule has 0 unspecified atom stereocenters. The van der Waals surface area contributed by atoms with Crippen LogP contribution in [-0.2, 0) is 26.0 Å². The van der Waals surface area contributed by atoms with Crippen molar-refractivity contribution in [2.75, 3.05) is 48.4 Å².